The number of hydrogen-bond acceptors (Lipinski definition) is 2. The van der Waals surface area contributed by atoms with Gasteiger partial charge in [0.2, 0.25) is 0 Å². The van der Waals surface area contributed by atoms with Gasteiger partial charge >= 0.3 is 0 Å². The van der Waals surface area contributed by atoms with Crippen molar-refractivity contribution in [3.8, 4) is 0 Å². The lowest BCUT2D eigenvalue weighted by Gasteiger charge is -2.10. The average molecular weight is 142 g/mol. The van der Waals surface area contributed by atoms with Gasteiger partial charge in [-0.3, -0.25) is 0 Å². The van der Waals surface area contributed by atoms with Crippen LogP contribution in [-0.2, 0) is 9.47 Å². The van der Waals surface area contributed by atoms with E-state index in [1.807, 2.05) is 0 Å². The topological polar surface area (TPSA) is 18.5 Å². The van der Waals surface area contributed by atoms with Crippen LogP contribution in [0.1, 0.15) is 12.8 Å². The third kappa shape index (κ3) is 1.18. The lowest BCUT2D eigenvalue weighted by atomic mass is 9.93. The summed E-state index contributed by atoms with van der Waals surface area (Å²) in [6, 6.07) is 0. The van der Waals surface area contributed by atoms with Crippen molar-refractivity contribution in [3.63, 3.8) is 0 Å². The van der Waals surface area contributed by atoms with E-state index in [0.717, 1.165) is 32.3 Å². The van der Waals surface area contributed by atoms with Gasteiger partial charge in [-0.15, -0.1) is 0 Å². The Bertz CT molecular complexity index is 102. The first-order valence-electron chi connectivity index (χ1n) is 4.12. The minimum absolute atomic E-state index is 0.711. The van der Waals surface area contributed by atoms with Gasteiger partial charge < -0.3 is 9.47 Å². The highest BCUT2D eigenvalue weighted by molar-refractivity contribution is 4.76. The fourth-order valence-electron chi connectivity index (χ4n) is 1.83. The van der Waals surface area contributed by atoms with Crippen LogP contribution in [0.3, 0.4) is 0 Å². The van der Waals surface area contributed by atoms with E-state index in [2.05, 4.69) is 0 Å². The zero-order chi connectivity index (χ0) is 6.81. The summed E-state index contributed by atoms with van der Waals surface area (Å²) in [5, 5.41) is 0. The van der Waals surface area contributed by atoms with Gasteiger partial charge in [0.1, 0.15) is 0 Å². The highest BCUT2D eigenvalue weighted by Crippen LogP contribution is 2.27. The van der Waals surface area contributed by atoms with Gasteiger partial charge in [-0.05, 0) is 18.8 Å². The zero-order valence-electron chi connectivity index (χ0n) is 6.21. The lowest BCUT2D eigenvalue weighted by Crippen LogP contribution is -2.14. The summed E-state index contributed by atoms with van der Waals surface area (Å²) in [7, 11) is 0. The first-order chi connectivity index (χ1) is 4.97. The largest absolute Gasteiger partial charge is 0.381 e. The molecule has 2 heterocycles. The van der Waals surface area contributed by atoms with Crippen molar-refractivity contribution in [2.24, 2.45) is 11.8 Å². The summed E-state index contributed by atoms with van der Waals surface area (Å²) in [6.07, 6.45) is 2.54. The van der Waals surface area contributed by atoms with Crippen molar-refractivity contribution in [1.29, 1.82) is 0 Å². The molecule has 2 unspecified atom stereocenters. The number of fused-ring (bicyclic) bond motifs is 1. The molecule has 2 aliphatic heterocycles. The molecule has 10 heavy (non-hydrogen) atoms. The monoisotopic (exact) mass is 142 g/mol. The van der Waals surface area contributed by atoms with Gasteiger partial charge in [0.25, 0.3) is 0 Å². The maximum absolute atomic E-state index is 5.43. The summed E-state index contributed by atoms with van der Waals surface area (Å²) < 4.78 is 10.8. The van der Waals surface area contributed by atoms with E-state index >= 15 is 0 Å². The first-order valence-corrected chi connectivity index (χ1v) is 4.12. The van der Waals surface area contributed by atoms with Crippen LogP contribution in [-0.4, -0.2) is 26.4 Å². The lowest BCUT2D eigenvalue weighted by molar-refractivity contribution is 0.0968. The molecule has 0 aromatic carbocycles. The summed E-state index contributed by atoms with van der Waals surface area (Å²) in [4.78, 5) is 0. The van der Waals surface area contributed by atoms with E-state index in [0.29, 0.717) is 5.92 Å². The molecule has 2 aliphatic rings. The Morgan fingerprint density at radius 2 is 1.70 bits per heavy atom. The van der Waals surface area contributed by atoms with Gasteiger partial charge in [0, 0.05) is 19.1 Å². The zero-order valence-corrected chi connectivity index (χ0v) is 6.21. The van der Waals surface area contributed by atoms with E-state index in [1.165, 1.54) is 12.8 Å². The van der Waals surface area contributed by atoms with E-state index in [1.54, 1.807) is 0 Å². The number of hydrogen-bond donors (Lipinski definition) is 0. The van der Waals surface area contributed by atoms with Gasteiger partial charge in [0.05, 0.1) is 13.2 Å². The van der Waals surface area contributed by atoms with E-state index in [-0.39, 0.29) is 0 Å². The van der Waals surface area contributed by atoms with Gasteiger partial charge in [-0.25, -0.2) is 0 Å². The second kappa shape index (κ2) is 2.89. The molecular formula is C8H14O2. The molecular weight excluding hydrogens is 128 g/mol. The van der Waals surface area contributed by atoms with Crippen LogP contribution in [0, 0.1) is 11.8 Å². The molecule has 2 atom stereocenters. The first kappa shape index (κ1) is 6.62. The average Bonchev–Trinajstić information content (AvgIpc) is 2.28. The quantitative estimate of drug-likeness (QED) is 0.503. The van der Waals surface area contributed by atoms with Crippen molar-refractivity contribution < 1.29 is 9.47 Å². The summed E-state index contributed by atoms with van der Waals surface area (Å²) in [5.41, 5.74) is 0. The molecule has 0 radical (unpaired) electrons. The molecule has 0 spiro atoms. The summed E-state index contributed by atoms with van der Waals surface area (Å²) in [5.74, 6) is 1.52. The van der Waals surface area contributed by atoms with Crippen molar-refractivity contribution in [3.05, 3.63) is 0 Å². The molecule has 0 aromatic rings. The van der Waals surface area contributed by atoms with Crippen molar-refractivity contribution in [1.82, 2.24) is 0 Å². The van der Waals surface area contributed by atoms with E-state index in [4.69, 9.17) is 9.47 Å². The Kier molecular flexibility index (Phi) is 1.91. The minimum atomic E-state index is 0.711. The third-order valence-electron chi connectivity index (χ3n) is 2.53. The van der Waals surface area contributed by atoms with Gasteiger partial charge in [0.15, 0.2) is 0 Å². The molecule has 58 valence electrons. The number of rotatable bonds is 0. The fourth-order valence-corrected chi connectivity index (χ4v) is 1.83. The molecule has 0 aliphatic carbocycles. The van der Waals surface area contributed by atoms with Gasteiger partial charge in [-0.2, -0.15) is 0 Å². The van der Waals surface area contributed by atoms with Gasteiger partial charge in [-0.1, -0.05) is 0 Å². The Balaban J connectivity index is 1.95. The van der Waals surface area contributed by atoms with Crippen LogP contribution < -0.4 is 0 Å². The highest BCUT2D eigenvalue weighted by Gasteiger charge is 2.29. The SMILES string of the molecule is C1COCC2COCC2C1. The van der Waals surface area contributed by atoms with Crippen LogP contribution in [0.25, 0.3) is 0 Å². The summed E-state index contributed by atoms with van der Waals surface area (Å²) in [6.45, 7) is 3.82. The maximum Gasteiger partial charge on any atom is 0.0519 e. The molecule has 2 fully saturated rings. The number of ether oxygens (including phenoxy) is 2. The normalized spacial score (nSPS) is 40.8. The van der Waals surface area contributed by atoms with E-state index < -0.39 is 0 Å². The molecule has 2 heteroatoms. The molecule has 0 amide bonds. The van der Waals surface area contributed by atoms with Crippen LogP contribution in [0.15, 0.2) is 0 Å². The molecule has 2 nitrogen and oxygen atoms in total. The van der Waals surface area contributed by atoms with E-state index in [9.17, 15) is 0 Å². The smallest absolute Gasteiger partial charge is 0.0519 e. The van der Waals surface area contributed by atoms with Crippen LogP contribution >= 0.6 is 0 Å². The molecule has 0 bridgehead atoms. The van der Waals surface area contributed by atoms with Crippen molar-refractivity contribution in [2.75, 3.05) is 26.4 Å². The molecule has 0 aromatic heterocycles. The molecule has 2 rings (SSSR count). The summed E-state index contributed by atoms with van der Waals surface area (Å²) >= 11 is 0. The Morgan fingerprint density at radius 1 is 0.900 bits per heavy atom. The van der Waals surface area contributed by atoms with Crippen LogP contribution in [0.2, 0.25) is 0 Å². The predicted octanol–water partition coefficient (Wildman–Crippen LogP) is 1.06. The Morgan fingerprint density at radius 3 is 2.70 bits per heavy atom. The fraction of sp³-hybridized carbons (Fsp3) is 1.00. The molecule has 0 N–H and O–H groups in total. The van der Waals surface area contributed by atoms with Crippen molar-refractivity contribution >= 4 is 0 Å². The molecule has 2 saturated heterocycles. The highest BCUT2D eigenvalue weighted by atomic mass is 16.5. The third-order valence-corrected chi connectivity index (χ3v) is 2.53. The Hall–Kier alpha value is -0.0800. The minimum Gasteiger partial charge on any atom is -0.381 e. The second-order valence-corrected chi connectivity index (χ2v) is 3.27. The standard InChI is InChI=1S/C8H14O2/c1-2-7-4-10-6-8(7)5-9-3-1/h7-8H,1-6H2. The van der Waals surface area contributed by atoms with Crippen molar-refractivity contribution in [2.45, 2.75) is 12.8 Å². The Labute approximate surface area is 61.5 Å². The van der Waals surface area contributed by atoms with Crippen LogP contribution in [0.4, 0.5) is 0 Å². The maximum atomic E-state index is 5.43. The predicted molar refractivity (Wildman–Crippen MR) is 37.9 cm³/mol. The van der Waals surface area contributed by atoms with Crippen LogP contribution in [0.5, 0.6) is 0 Å². The molecule has 0 saturated carbocycles. The second-order valence-electron chi connectivity index (χ2n) is 3.27.